The summed E-state index contributed by atoms with van der Waals surface area (Å²) in [6.07, 6.45) is -1.50. The van der Waals surface area contributed by atoms with Crippen molar-refractivity contribution >= 4 is 17.7 Å². The molecule has 2 amide bonds. The first-order valence-corrected chi connectivity index (χ1v) is 6.57. The first kappa shape index (κ1) is 12.6. The molecule has 6 heteroatoms. The highest BCUT2D eigenvalue weighted by molar-refractivity contribution is 6.07. The van der Waals surface area contributed by atoms with E-state index in [1.54, 1.807) is 45.0 Å². The molecule has 0 fully saturated rings. The summed E-state index contributed by atoms with van der Waals surface area (Å²) in [5.74, 6) is -0.623. The van der Waals surface area contributed by atoms with Gasteiger partial charge in [0.05, 0.1) is 2.74 Å². The first-order valence-electron chi connectivity index (χ1n) is 7.57. The van der Waals surface area contributed by atoms with Crippen molar-refractivity contribution in [3.05, 3.63) is 29.8 Å². The highest BCUT2D eigenvalue weighted by Crippen LogP contribution is 2.38. The van der Waals surface area contributed by atoms with Crippen LogP contribution in [0.1, 0.15) is 35.5 Å². The smallest absolute Gasteiger partial charge is 0.408 e. The molecule has 1 aromatic rings. The van der Waals surface area contributed by atoms with Gasteiger partial charge in [0.1, 0.15) is 5.60 Å². The van der Waals surface area contributed by atoms with E-state index in [0.29, 0.717) is 11.3 Å². The molecule has 0 aromatic heterocycles. The number of rotatable bonds is 3. The molecule has 0 saturated heterocycles. The summed E-state index contributed by atoms with van der Waals surface area (Å²) in [5.41, 5.74) is -1.68. The van der Waals surface area contributed by atoms with Gasteiger partial charge in [-0.3, -0.25) is 4.79 Å². The van der Waals surface area contributed by atoms with Crippen LogP contribution >= 0.6 is 0 Å². The minimum atomic E-state index is -2.66. The molecule has 0 spiro atoms. The van der Waals surface area contributed by atoms with E-state index in [-0.39, 0.29) is 0 Å². The lowest BCUT2D eigenvalue weighted by Crippen LogP contribution is -2.52. The maximum Gasteiger partial charge on any atom is 0.408 e. The molecule has 114 valence electrons. The van der Waals surface area contributed by atoms with Gasteiger partial charge in [0.15, 0.2) is 5.54 Å². The molecule has 1 atom stereocenters. The third-order valence-electron chi connectivity index (χ3n) is 3.08. The maximum absolute atomic E-state index is 12.5. The van der Waals surface area contributed by atoms with Crippen LogP contribution in [0.3, 0.4) is 0 Å². The Bertz CT molecular complexity index is 637. The number of para-hydroxylation sites is 1. The van der Waals surface area contributed by atoms with E-state index in [2.05, 4.69) is 10.6 Å². The summed E-state index contributed by atoms with van der Waals surface area (Å²) in [6.45, 7) is 2.36. The van der Waals surface area contributed by atoms with Gasteiger partial charge in [-0.15, -0.1) is 0 Å². The Labute approximate surface area is 126 Å². The van der Waals surface area contributed by atoms with Gasteiger partial charge in [-0.25, -0.2) is 4.79 Å². The SMILES string of the molecule is [2H]C([2H])(O)C[C@]1(NC(=O)OC(C)(C)C)C(=O)Nc2ccccc21. The molecular weight excluding hydrogens is 272 g/mol. The van der Waals surface area contributed by atoms with E-state index in [0.717, 1.165) is 0 Å². The summed E-state index contributed by atoms with van der Waals surface area (Å²) in [4.78, 5) is 24.6. The largest absolute Gasteiger partial charge is 0.444 e. The number of nitrogens with one attached hydrogen (secondary N) is 2. The number of anilines is 1. The number of hydrogen-bond acceptors (Lipinski definition) is 4. The van der Waals surface area contributed by atoms with Crippen molar-refractivity contribution in [1.29, 1.82) is 0 Å². The number of benzene rings is 1. The molecule has 3 N–H and O–H groups in total. The normalized spacial score (nSPS) is 22.8. The fourth-order valence-electron chi connectivity index (χ4n) is 2.26. The number of carbonyl (C=O) groups is 2. The van der Waals surface area contributed by atoms with Gasteiger partial charge in [0.25, 0.3) is 5.91 Å². The molecule has 0 aliphatic carbocycles. The highest BCUT2D eigenvalue weighted by atomic mass is 16.6. The van der Waals surface area contributed by atoms with Crippen LogP contribution < -0.4 is 10.6 Å². The zero-order valence-electron chi connectivity index (χ0n) is 14.2. The zero-order chi connectivity index (χ0) is 17.5. The average molecular weight is 294 g/mol. The Hall–Kier alpha value is -2.08. The lowest BCUT2D eigenvalue weighted by Gasteiger charge is -2.29. The third-order valence-corrected chi connectivity index (χ3v) is 3.08. The maximum atomic E-state index is 12.5. The quantitative estimate of drug-likeness (QED) is 0.792. The van der Waals surface area contributed by atoms with Crippen molar-refractivity contribution in [3.8, 4) is 0 Å². The second-order valence-corrected chi connectivity index (χ2v) is 5.87. The Kier molecular flexibility index (Phi) is 3.23. The van der Waals surface area contributed by atoms with Crippen LogP contribution in [0.15, 0.2) is 24.3 Å². The number of aliphatic hydroxyl groups is 1. The van der Waals surface area contributed by atoms with E-state index in [4.69, 9.17) is 7.48 Å². The minimum absolute atomic E-state index is 0.383. The predicted octanol–water partition coefficient (Wildman–Crippen LogP) is 1.74. The molecule has 1 aliphatic rings. The third kappa shape index (κ3) is 3.00. The summed E-state index contributed by atoms with van der Waals surface area (Å²) in [7, 11) is 0. The fraction of sp³-hybridized carbons (Fsp3) is 0.467. The molecule has 21 heavy (non-hydrogen) atoms. The first-order chi connectivity index (χ1) is 10.4. The number of carbonyl (C=O) groups excluding carboxylic acids is 2. The summed E-state index contributed by atoms with van der Waals surface area (Å²) >= 11 is 0. The van der Waals surface area contributed by atoms with Crippen molar-refractivity contribution < 1.29 is 22.2 Å². The average Bonchev–Trinajstić information content (AvgIpc) is 2.58. The van der Waals surface area contributed by atoms with Gasteiger partial charge in [0, 0.05) is 24.2 Å². The molecular formula is C15H20N2O4. The van der Waals surface area contributed by atoms with Crippen LogP contribution in [0.25, 0.3) is 0 Å². The number of fused-ring (bicyclic) bond motifs is 1. The fourth-order valence-corrected chi connectivity index (χ4v) is 2.26. The number of ether oxygens (including phenoxy) is 1. The van der Waals surface area contributed by atoms with Gasteiger partial charge in [-0.2, -0.15) is 0 Å². The molecule has 0 radical (unpaired) electrons. The van der Waals surface area contributed by atoms with Gasteiger partial charge < -0.3 is 20.5 Å². The Morgan fingerprint density at radius 3 is 2.76 bits per heavy atom. The minimum Gasteiger partial charge on any atom is -0.444 e. The molecule has 1 heterocycles. The van der Waals surface area contributed by atoms with Crippen LogP contribution in [-0.4, -0.2) is 29.3 Å². The molecule has 1 aliphatic heterocycles. The number of hydrogen-bond donors (Lipinski definition) is 3. The Morgan fingerprint density at radius 2 is 2.14 bits per heavy atom. The number of alkyl carbamates (subject to hydrolysis) is 1. The van der Waals surface area contributed by atoms with Crippen LogP contribution in [0.2, 0.25) is 0 Å². The van der Waals surface area contributed by atoms with Crippen molar-refractivity contribution in [2.24, 2.45) is 0 Å². The number of amides is 2. The van der Waals surface area contributed by atoms with Gasteiger partial charge in [-0.1, -0.05) is 18.2 Å². The van der Waals surface area contributed by atoms with E-state index >= 15 is 0 Å². The summed E-state index contributed by atoms with van der Waals surface area (Å²) in [5, 5.41) is 14.6. The molecule has 0 saturated carbocycles. The van der Waals surface area contributed by atoms with Crippen LogP contribution in [0.4, 0.5) is 10.5 Å². The van der Waals surface area contributed by atoms with E-state index < -0.39 is 36.1 Å². The van der Waals surface area contributed by atoms with Gasteiger partial charge in [-0.05, 0) is 26.8 Å². The Balaban J connectivity index is 2.42. The van der Waals surface area contributed by atoms with Crippen LogP contribution in [-0.2, 0) is 15.1 Å². The lowest BCUT2D eigenvalue weighted by molar-refractivity contribution is -0.122. The standard InChI is InChI=1S/C15H20N2O4/c1-14(2,3)21-13(20)17-15(8-9-18)10-6-4-5-7-11(10)16-12(15)19/h4-7,18H,8-9H2,1-3H3,(H,16,19)(H,17,20)/t15-/m1/s1/i9D2. The van der Waals surface area contributed by atoms with Crippen molar-refractivity contribution in [3.63, 3.8) is 0 Å². The second-order valence-electron chi connectivity index (χ2n) is 5.87. The Morgan fingerprint density at radius 1 is 1.48 bits per heavy atom. The van der Waals surface area contributed by atoms with Crippen LogP contribution in [0.5, 0.6) is 0 Å². The van der Waals surface area contributed by atoms with E-state index in [1.165, 1.54) is 0 Å². The molecule has 6 nitrogen and oxygen atoms in total. The van der Waals surface area contributed by atoms with Crippen molar-refractivity contribution in [2.45, 2.75) is 38.3 Å². The predicted molar refractivity (Wildman–Crippen MR) is 77.8 cm³/mol. The molecule has 0 unspecified atom stereocenters. The van der Waals surface area contributed by atoms with Gasteiger partial charge >= 0.3 is 6.09 Å². The molecule has 0 bridgehead atoms. The molecule has 2 rings (SSSR count). The van der Waals surface area contributed by atoms with Gasteiger partial charge in [0.2, 0.25) is 0 Å². The monoisotopic (exact) mass is 294 g/mol. The van der Waals surface area contributed by atoms with Crippen molar-refractivity contribution in [2.75, 3.05) is 11.9 Å². The topological polar surface area (TPSA) is 87.7 Å². The highest BCUT2D eigenvalue weighted by Gasteiger charge is 2.48. The van der Waals surface area contributed by atoms with E-state index in [9.17, 15) is 14.7 Å². The zero-order valence-corrected chi connectivity index (χ0v) is 12.2. The summed E-state index contributed by atoms with van der Waals surface area (Å²) < 4.78 is 20.0. The van der Waals surface area contributed by atoms with Crippen molar-refractivity contribution in [1.82, 2.24) is 5.32 Å². The van der Waals surface area contributed by atoms with E-state index in [1.807, 2.05) is 0 Å². The summed E-state index contributed by atoms with van der Waals surface area (Å²) in [6, 6.07) is 6.60. The lowest BCUT2D eigenvalue weighted by atomic mass is 9.88. The molecule has 1 aromatic carbocycles. The second kappa shape index (κ2) is 5.37. The van der Waals surface area contributed by atoms with Crippen LogP contribution in [0, 0.1) is 0 Å².